The maximum Gasteiger partial charge on any atom is 0.332 e. The van der Waals surface area contributed by atoms with Gasteiger partial charge in [0.05, 0.1) is 18.7 Å². The van der Waals surface area contributed by atoms with Crippen molar-refractivity contribution < 1.29 is 19.1 Å². The number of carbonyl (C=O) groups excluding carboxylic acids is 3. The molecule has 0 spiro atoms. The standard InChI is InChI=1S/C27H28N4O4/c1-3-14-35-23-11-9-21(10-12-23)29-25(32)16-24-26(33)31(22-8-4-6-19(2)15-22)27(34)30(24)18-20-7-5-13-28-17-20/h4-13,15,17,24H,3,14,16,18H2,1-2H3,(H,29,32)/t24-/m0/s1. The minimum absolute atomic E-state index is 0.165. The zero-order valence-electron chi connectivity index (χ0n) is 19.8. The Kier molecular flexibility index (Phi) is 7.40. The van der Waals surface area contributed by atoms with Crippen molar-refractivity contribution in [3.05, 3.63) is 84.2 Å². The van der Waals surface area contributed by atoms with E-state index in [1.807, 2.05) is 26.0 Å². The fraction of sp³-hybridized carbons (Fsp3) is 0.259. The van der Waals surface area contributed by atoms with Gasteiger partial charge in [0.2, 0.25) is 5.91 Å². The van der Waals surface area contributed by atoms with E-state index in [9.17, 15) is 14.4 Å². The summed E-state index contributed by atoms with van der Waals surface area (Å²) < 4.78 is 5.57. The fourth-order valence-electron chi connectivity index (χ4n) is 3.95. The number of rotatable bonds is 9. The molecule has 1 fully saturated rings. The second kappa shape index (κ2) is 10.8. The Bertz CT molecular complexity index is 1200. The van der Waals surface area contributed by atoms with Crippen LogP contribution in [0.5, 0.6) is 5.75 Å². The first-order valence-electron chi connectivity index (χ1n) is 11.6. The van der Waals surface area contributed by atoms with Crippen LogP contribution in [0, 0.1) is 6.92 Å². The van der Waals surface area contributed by atoms with Crippen LogP contribution >= 0.6 is 0 Å². The maximum absolute atomic E-state index is 13.4. The summed E-state index contributed by atoms with van der Waals surface area (Å²) in [6.07, 6.45) is 4.03. The first kappa shape index (κ1) is 23.9. The molecule has 8 nitrogen and oxygen atoms in total. The van der Waals surface area contributed by atoms with E-state index in [1.165, 1.54) is 4.90 Å². The Labute approximate surface area is 204 Å². The number of hydrogen-bond donors (Lipinski definition) is 1. The van der Waals surface area contributed by atoms with Crippen LogP contribution in [0.25, 0.3) is 0 Å². The van der Waals surface area contributed by atoms with E-state index in [2.05, 4.69) is 10.3 Å². The van der Waals surface area contributed by atoms with Gasteiger partial charge in [-0.1, -0.05) is 25.1 Å². The van der Waals surface area contributed by atoms with Gasteiger partial charge in [-0.15, -0.1) is 0 Å². The summed E-state index contributed by atoms with van der Waals surface area (Å²) in [5, 5.41) is 2.82. The number of aryl methyl sites for hydroxylation is 1. The van der Waals surface area contributed by atoms with E-state index < -0.39 is 18.0 Å². The van der Waals surface area contributed by atoms with Gasteiger partial charge in [-0.2, -0.15) is 0 Å². The van der Waals surface area contributed by atoms with Crippen molar-refractivity contribution in [1.82, 2.24) is 9.88 Å². The third-order valence-corrected chi connectivity index (χ3v) is 5.64. The third kappa shape index (κ3) is 5.66. The summed E-state index contributed by atoms with van der Waals surface area (Å²) in [4.78, 5) is 46.4. The predicted octanol–water partition coefficient (Wildman–Crippen LogP) is 4.55. The average Bonchev–Trinajstić information content (AvgIpc) is 3.08. The van der Waals surface area contributed by atoms with E-state index in [-0.39, 0.29) is 18.9 Å². The summed E-state index contributed by atoms with van der Waals surface area (Å²) in [6, 6.07) is 16.5. The lowest BCUT2D eigenvalue weighted by molar-refractivity contribution is -0.124. The number of urea groups is 1. The summed E-state index contributed by atoms with van der Waals surface area (Å²) in [6.45, 7) is 4.71. The first-order chi connectivity index (χ1) is 17.0. The van der Waals surface area contributed by atoms with Gasteiger partial charge in [0, 0.05) is 24.6 Å². The molecule has 1 aliphatic rings. The highest BCUT2D eigenvalue weighted by Gasteiger charge is 2.46. The van der Waals surface area contributed by atoms with Gasteiger partial charge in [0.25, 0.3) is 5.91 Å². The zero-order chi connectivity index (χ0) is 24.8. The van der Waals surface area contributed by atoms with E-state index in [4.69, 9.17) is 4.74 Å². The zero-order valence-corrected chi connectivity index (χ0v) is 19.8. The van der Waals surface area contributed by atoms with Crippen molar-refractivity contribution in [3.63, 3.8) is 0 Å². The monoisotopic (exact) mass is 472 g/mol. The normalized spacial score (nSPS) is 15.4. The number of hydrogen-bond acceptors (Lipinski definition) is 5. The van der Waals surface area contributed by atoms with Crippen molar-refractivity contribution in [2.24, 2.45) is 0 Å². The molecule has 3 aromatic rings. The van der Waals surface area contributed by atoms with Crippen molar-refractivity contribution >= 4 is 29.2 Å². The van der Waals surface area contributed by atoms with E-state index in [1.54, 1.807) is 60.9 Å². The third-order valence-electron chi connectivity index (χ3n) is 5.64. The van der Waals surface area contributed by atoms with Gasteiger partial charge in [-0.05, 0) is 66.9 Å². The summed E-state index contributed by atoms with van der Waals surface area (Å²) in [5.74, 6) is -0.0681. The summed E-state index contributed by atoms with van der Waals surface area (Å²) >= 11 is 0. The molecule has 0 radical (unpaired) electrons. The predicted molar refractivity (Wildman–Crippen MR) is 133 cm³/mol. The topological polar surface area (TPSA) is 91.8 Å². The second-order valence-electron chi connectivity index (χ2n) is 8.43. The molecule has 8 heteroatoms. The molecule has 1 aromatic heterocycles. The van der Waals surface area contributed by atoms with Crippen LogP contribution < -0.4 is 15.0 Å². The van der Waals surface area contributed by atoms with Gasteiger partial charge in [0.1, 0.15) is 11.8 Å². The van der Waals surface area contributed by atoms with Crippen LogP contribution in [0.4, 0.5) is 16.2 Å². The fourth-order valence-corrected chi connectivity index (χ4v) is 3.95. The molecular weight excluding hydrogens is 444 g/mol. The molecule has 4 rings (SSSR count). The quantitative estimate of drug-likeness (QED) is 0.462. The lowest BCUT2D eigenvalue weighted by atomic mass is 10.1. The highest BCUT2D eigenvalue weighted by Crippen LogP contribution is 2.29. The van der Waals surface area contributed by atoms with E-state index in [0.717, 1.165) is 28.2 Å². The Balaban J connectivity index is 1.53. The number of nitrogens with one attached hydrogen (secondary N) is 1. The lowest BCUT2D eigenvalue weighted by Gasteiger charge is -2.21. The van der Waals surface area contributed by atoms with Gasteiger partial charge < -0.3 is 15.0 Å². The molecule has 1 saturated heterocycles. The number of carbonyl (C=O) groups is 3. The molecule has 0 bridgehead atoms. The number of benzene rings is 2. The Morgan fingerprint density at radius 3 is 2.57 bits per heavy atom. The Morgan fingerprint density at radius 2 is 1.89 bits per heavy atom. The van der Waals surface area contributed by atoms with Crippen molar-refractivity contribution in [2.75, 3.05) is 16.8 Å². The molecule has 35 heavy (non-hydrogen) atoms. The van der Waals surface area contributed by atoms with Crippen LogP contribution in [-0.2, 0) is 16.1 Å². The maximum atomic E-state index is 13.4. The number of anilines is 2. The molecule has 1 aliphatic heterocycles. The van der Waals surface area contributed by atoms with Crippen LogP contribution in [-0.4, -0.2) is 40.4 Å². The SMILES string of the molecule is CCCOc1ccc(NC(=O)C[C@H]2C(=O)N(c3cccc(C)c3)C(=O)N2Cc2cccnc2)cc1. The Hall–Kier alpha value is -4.20. The van der Waals surface area contributed by atoms with Crippen LogP contribution in [0.1, 0.15) is 30.9 Å². The minimum atomic E-state index is -0.935. The number of imide groups is 1. The molecule has 0 saturated carbocycles. The van der Waals surface area contributed by atoms with Crippen molar-refractivity contribution in [3.8, 4) is 5.75 Å². The van der Waals surface area contributed by atoms with Crippen LogP contribution in [0.15, 0.2) is 73.1 Å². The van der Waals surface area contributed by atoms with Crippen molar-refractivity contribution in [2.45, 2.75) is 39.3 Å². The number of amides is 4. The average molecular weight is 473 g/mol. The molecule has 2 aromatic carbocycles. The number of ether oxygens (including phenoxy) is 1. The minimum Gasteiger partial charge on any atom is -0.494 e. The molecule has 180 valence electrons. The largest absolute Gasteiger partial charge is 0.494 e. The molecule has 2 heterocycles. The smallest absolute Gasteiger partial charge is 0.332 e. The van der Waals surface area contributed by atoms with Gasteiger partial charge in [0.15, 0.2) is 0 Å². The summed E-state index contributed by atoms with van der Waals surface area (Å²) in [5.41, 5.74) is 2.77. The molecule has 0 unspecified atom stereocenters. The van der Waals surface area contributed by atoms with Gasteiger partial charge in [-0.25, -0.2) is 9.69 Å². The molecule has 1 atom stereocenters. The highest BCUT2D eigenvalue weighted by atomic mass is 16.5. The van der Waals surface area contributed by atoms with Crippen molar-refractivity contribution in [1.29, 1.82) is 0 Å². The van der Waals surface area contributed by atoms with Gasteiger partial charge in [-0.3, -0.25) is 14.6 Å². The number of aromatic nitrogens is 1. The molecule has 4 amide bonds. The Morgan fingerprint density at radius 1 is 1.09 bits per heavy atom. The summed E-state index contributed by atoms with van der Waals surface area (Å²) in [7, 11) is 0. The lowest BCUT2D eigenvalue weighted by Crippen LogP contribution is -2.37. The molecular formula is C27H28N4O4. The first-order valence-corrected chi connectivity index (χ1v) is 11.6. The van der Waals surface area contributed by atoms with Crippen LogP contribution in [0.3, 0.4) is 0 Å². The molecule has 1 N–H and O–H groups in total. The van der Waals surface area contributed by atoms with Crippen LogP contribution in [0.2, 0.25) is 0 Å². The highest BCUT2D eigenvalue weighted by molar-refractivity contribution is 6.22. The van der Waals surface area contributed by atoms with E-state index >= 15 is 0 Å². The number of nitrogens with zero attached hydrogens (tertiary/aromatic N) is 3. The molecule has 0 aliphatic carbocycles. The van der Waals surface area contributed by atoms with E-state index in [0.29, 0.717) is 18.0 Å². The van der Waals surface area contributed by atoms with Gasteiger partial charge >= 0.3 is 6.03 Å². The number of pyridine rings is 1. The second-order valence-corrected chi connectivity index (χ2v) is 8.43.